The number of unbranched alkanes of at least 4 members (excludes halogenated alkanes) is 20. The second kappa shape index (κ2) is 49.4. The fourth-order valence-corrected chi connectivity index (χ4v) is 9.50. The Hall–Kier alpha value is -1.43. The van der Waals surface area contributed by atoms with E-state index in [1.54, 1.807) is 0 Å². The number of ether oxygens (including phenoxy) is 6. The van der Waals surface area contributed by atoms with E-state index in [4.69, 9.17) is 33.5 Å². The van der Waals surface area contributed by atoms with Crippen molar-refractivity contribution in [1.82, 2.24) is 9.80 Å². The van der Waals surface area contributed by atoms with Crippen molar-refractivity contribution >= 4 is 6.09 Å². The summed E-state index contributed by atoms with van der Waals surface area (Å²) in [6.45, 7) is 25.7. The molecule has 10 nitrogen and oxygen atoms in total. The van der Waals surface area contributed by atoms with Crippen molar-refractivity contribution in [3.05, 3.63) is 11.3 Å². The summed E-state index contributed by atoms with van der Waals surface area (Å²) in [6.07, 6.45) is 40.2. The largest absolute Gasteiger partial charge is 0.493 e. The summed E-state index contributed by atoms with van der Waals surface area (Å²) in [5, 5.41) is 8.99. The van der Waals surface area contributed by atoms with Crippen molar-refractivity contribution in [1.29, 1.82) is 0 Å². The van der Waals surface area contributed by atoms with Crippen LogP contribution >= 0.6 is 0 Å². The third-order valence-corrected chi connectivity index (χ3v) is 14.3. The van der Waals surface area contributed by atoms with Crippen LogP contribution in [0.15, 0.2) is 11.3 Å². The van der Waals surface area contributed by atoms with Crippen molar-refractivity contribution in [2.75, 3.05) is 72.4 Å². The van der Waals surface area contributed by atoms with Gasteiger partial charge >= 0.3 is 6.09 Å². The number of piperidine rings is 1. The number of aliphatic hydroxyl groups is 1. The molecule has 10 heteroatoms. The number of aliphatic hydroxyl groups excluding tert-OH is 1. The molecule has 1 amide bonds. The lowest BCUT2D eigenvalue weighted by molar-refractivity contribution is -0.148. The van der Waals surface area contributed by atoms with E-state index in [1.165, 1.54) is 147 Å². The lowest BCUT2D eigenvalue weighted by Crippen LogP contribution is -2.48. The quantitative estimate of drug-likeness (QED) is 0.0363. The molecule has 2 saturated carbocycles. The fourth-order valence-electron chi connectivity index (χ4n) is 9.50. The van der Waals surface area contributed by atoms with E-state index in [2.05, 4.69) is 46.4 Å². The standard InChI is InChI=1S/C39H72N2O5.C20H42O3.C2H6/c1-5-9-11-13-15-17-27-43-38(44-28-18-16-14-12-10-6-2)25-24-37(34-22-23-34)46-36-30-35(33-20-21-33)31-41(32-36)39(42)45-29-19-26-40(7-3)8-4;1-3-5-7-9-11-13-18-22-20(16-15-17-21)23-19-14-12-10-8-6-4-2;1-2/h33,35-36,38H,5-32H2,1-4H3;20-21H,3-19H2,1-2H3;1-2H3. The van der Waals surface area contributed by atoms with Crippen LogP contribution in [-0.2, 0) is 28.4 Å². The van der Waals surface area contributed by atoms with Crippen LogP contribution in [0.5, 0.6) is 0 Å². The summed E-state index contributed by atoms with van der Waals surface area (Å²) in [5.41, 5.74) is 1.45. The van der Waals surface area contributed by atoms with Crippen molar-refractivity contribution in [2.45, 2.75) is 292 Å². The van der Waals surface area contributed by atoms with E-state index in [0.717, 1.165) is 141 Å². The predicted octanol–water partition coefficient (Wildman–Crippen LogP) is 16.7. The van der Waals surface area contributed by atoms with Gasteiger partial charge in [-0.15, -0.1) is 0 Å². The van der Waals surface area contributed by atoms with E-state index in [9.17, 15) is 4.79 Å². The molecule has 0 aromatic rings. The van der Waals surface area contributed by atoms with Crippen LogP contribution in [-0.4, -0.2) is 112 Å². The Bertz CT molecular complexity index is 1140. The predicted molar refractivity (Wildman–Crippen MR) is 299 cm³/mol. The Balaban J connectivity index is 0.000000849. The number of hydrogen-bond acceptors (Lipinski definition) is 9. The number of amides is 1. The lowest BCUT2D eigenvalue weighted by atomic mass is 9.91. The van der Waals surface area contributed by atoms with Gasteiger partial charge in [-0.25, -0.2) is 4.79 Å². The number of hydrogen-bond donors (Lipinski definition) is 1. The number of allylic oxidation sites excluding steroid dienone is 2. The number of rotatable bonds is 47. The highest BCUT2D eigenvalue weighted by molar-refractivity contribution is 5.67. The molecule has 0 bridgehead atoms. The smallest absolute Gasteiger partial charge is 0.409 e. The molecule has 2 unspecified atom stereocenters. The van der Waals surface area contributed by atoms with E-state index in [1.807, 2.05) is 18.7 Å². The second-order valence-electron chi connectivity index (χ2n) is 20.8. The van der Waals surface area contributed by atoms with E-state index < -0.39 is 0 Å². The molecule has 3 rings (SSSR count). The Morgan fingerprint density at radius 3 is 1.39 bits per heavy atom. The number of carbonyl (C=O) groups is 1. The van der Waals surface area contributed by atoms with Gasteiger partial charge < -0.3 is 43.3 Å². The molecular weight excluding hydrogens is 889 g/mol. The zero-order valence-corrected chi connectivity index (χ0v) is 48.4. The summed E-state index contributed by atoms with van der Waals surface area (Å²) in [6, 6.07) is 0. The highest BCUT2D eigenvalue weighted by Crippen LogP contribution is 2.43. The van der Waals surface area contributed by atoms with Gasteiger partial charge in [0.2, 0.25) is 0 Å². The molecular formula is C61H120N2O8. The molecule has 0 spiro atoms. The van der Waals surface area contributed by atoms with E-state index in [0.29, 0.717) is 19.1 Å². The van der Waals surface area contributed by atoms with Gasteiger partial charge in [-0.05, 0) is 101 Å². The first-order valence-corrected chi connectivity index (χ1v) is 31.0. The van der Waals surface area contributed by atoms with Crippen molar-refractivity contribution in [2.24, 2.45) is 11.8 Å². The Morgan fingerprint density at radius 2 is 0.986 bits per heavy atom. The summed E-state index contributed by atoms with van der Waals surface area (Å²) in [4.78, 5) is 17.5. The average Bonchev–Trinajstić information content (AvgIpc) is 4.34. The summed E-state index contributed by atoms with van der Waals surface area (Å²) in [5.74, 6) is 2.39. The average molecular weight is 1010 g/mol. The molecule has 0 aromatic carbocycles. The zero-order chi connectivity index (χ0) is 51.8. The van der Waals surface area contributed by atoms with Gasteiger partial charge in [-0.2, -0.15) is 0 Å². The van der Waals surface area contributed by atoms with Gasteiger partial charge in [-0.3, -0.25) is 0 Å². The maximum Gasteiger partial charge on any atom is 0.409 e. The molecule has 1 heterocycles. The van der Waals surface area contributed by atoms with Crippen LogP contribution in [0, 0.1) is 11.8 Å². The summed E-state index contributed by atoms with van der Waals surface area (Å²) in [7, 11) is 0. The minimum atomic E-state index is -0.169. The maximum absolute atomic E-state index is 13.1. The minimum Gasteiger partial charge on any atom is -0.493 e. The molecule has 0 radical (unpaired) electrons. The van der Waals surface area contributed by atoms with Gasteiger partial charge in [0.1, 0.15) is 6.10 Å². The third kappa shape index (κ3) is 38.7. The maximum atomic E-state index is 13.1. The number of likely N-dealkylation sites (tertiary alicyclic amines) is 1. The molecule has 1 N–H and O–H groups in total. The number of carbonyl (C=O) groups excluding carboxylic acids is 1. The molecule has 3 fully saturated rings. The highest BCUT2D eigenvalue weighted by atomic mass is 16.7. The van der Waals surface area contributed by atoms with Gasteiger partial charge in [0.05, 0.1) is 18.9 Å². The summed E-state index contributed by atoms with van der Waals surface area (Å²) < 4.78 is 37.0. The molecule has 1 aliphatic heterocycles. The third-order valence-electron chi connectivity index (χ3n) is 14.3. The first kappa shape index (κ1) is 67.6. The minimum absolute atomic E-state index is 0.0391. The van der Waals surface area contributed by atoms with Gasteiger partial charge in [-0.1, -0.05) is 184 Å². The van der Waals surface area contributed by atoms with Crippen LogP contribution < -0.4 is 0 Å². The first-order chi connectivity index (χ1) is 34.9. The Labute approximate surface area is 440 Å². The van der Waals surface area contributed by atoms with Gasteiger partial charge in [0.25, 0.3) is 0 Å². The van der Waals surface area contributed by atoms with Crippen molar-refractivity contribution < 1.29 is 38.3 Å². The van der Waals surface area contributed by atoms with E-state index in [-0.39, 0.29) is 31.4 Å². The normalized spacial score (nSPS) is 16.6. The van der Waals surface area contributed by atoms with Crippen LogP contribution in [0.25, 0.3) is 0 Å². The SMILES string of the molecule is CC.CCCCCCCCOC(CCC(OC1CC(C2CC2)CN(C(=O)OCCCN(CC)CC)C1)=C1CC1)OCCCCCCCC.CCCCCCCCOC(CCCO)OCCCCCCCC. The van der Waals surface area contributed by atoms with Crippen molar-refractivity contribution in [3.8, 4) is 0 Å². The lowest BCUT2D eigenvalue weighted by Gasteiger charge is -2.38. The topological polar surface area (TPSA) is 99.2 Å². The first-order valence-electron chi connectivity index (χ1n) is 31.0. The summed E-state index contributed by atoms with van der Waals surface area (Å²) >= 11 is 0. The molecule has 3 aliphatic rings. The number of nitrogens with zero attached hydrogens (tertiary/aromatic N) is 2. The monoisotopic (exact) mass is 1010 g/mol. The van der Waals surface area contributed by atoms with Crippen LogP contribution in [0.2, 0.25) is 0 Å². The fraction of sp³-hybridized carbons (Fsp3) is 0.951. The Kier molecular flexibility index (Phi) is 47.1. The van der Waals surface area contributed by atoms with Crippen LogP contribution in [0.3, 0.4) is 0 Å². The van der Waals surface area contributed by atoms with Crippen LogP contribution in [0.1, 0.15) is 274 Å². The molecule has 0 aromatic heterocycles. The molecule has 422 valence electrons. The van der Waals surface area contributed by atoms with Gasteiger partial charge in [0.15, 0.2) is 12.6 Å². The molecule has 2 atom stereocenters. The second-order valence-corrected chi connectivity index (χ2v) is 20.8. The zero-order valence-electron chi connectivity index (χ0n) is 48.4. The van der Waals surface area contributed by atoms with E-state index >= 15 is 0 Å². The molecule has 71 heavy (non-hydrogen) atoms. The van der Waals surface area contributed by atoms with Gasteiger partial charge in [0, 0.05) is 65.4 Å². The highest BCUT2D eigenvalue weighted by Gasteiger charge is 2.40. The van der Waals surface area contributed by atoms with Crippen LogP contribution in [0.4, 0.5) is 4.79 Å². The van der Waals surface area contributed by atoms with Crippen molar-refractivity contribution in [3.63, 3.8) is 0 Å². The molecule has 1 saturated heterocycles. The Morgan fingerprint density at radius 1 is 0.549 bits per heavy atom. The molecule has 2 aliphatic carbocycles.